The number of rotatable bonds is 8. The van der Waals surface area contributed by atoms with Crippen LogP contribution in [0.1, 0.15) is 21.5 Å². The lowest BCUT2D eigenvalue weighted by Crippen LogP contribution is -2.23. The maximum absolute atomic E-state index is 14.1. The zero-order valence-corrected chi connectivity index (χ0v) is 17.3. The molecule has 3 aromatic rings. The lowest BCUT2D eigenvalue weighted by atomic mass is 10.0. The Labute approximate surface area is 182 Å². The number of fused-ring (bicyclic) bond motifs is 1. The van der Waals surface area contributed by atoms with Gasteiger partial charge in [-0.2, -0.15) is 0 Å². The first-order valence-corrected chi connectivity index (χ1v) is 9.46. The van der Waals surface area contributed by atoms with Gasteiger partial charge in [0, 0.05) is 23.6 Å². The minimum atomic E-state index is -0.761. The number of aromatic nitrogens is 1. The van der Waals surface area contributed by atoms with Crippen molar-refractivity contribution >= 4 is 28.9 Å². The Balaban J connectivity index is 2.05. The summed E-state index contributed by atoms with van der Waals surface area (Å²) in [6.45, 7) is 0.492. The molecular weight excluding hydrogens is 421 g/mol. The molecule has 0 radical (unpaired) electrons. The van der Waals surface area contributed by atoms with Gasteiger partial charge in [-0.25, -0.2) is 9.18 Å². The highest BCUT2D eigenvalue weighted by atomic mass is 19.1. The molecule has 9 nitrogen and oxygen atoms in total. The molecule has 0 fully saturated rings. The van der Waals surface area contributed by atoms with Crippen molar-refractivity contribution in [1.29, 1.82) is 0 Å². The van der Waals surface area contributed by atoms with Crippen LogP contribution in [0.15, 0.2) is 42.6 Å². The maximum Gasteiger partial charge on any atom is 0.338 e. The van der Waals surface area contributed by atoms with Crippen LogP contribution in [0.4, 0.5) is 4.39 Å². The molecule has 0 aliphatic rings. The number of methoxy groups -OCH3 is 2. The number of esters is 2. The van der Waals surface area contributed by atoms with Crippen molar-refractivity contribution < 1.29 is 28.4 Å². The number of benzene rings is 2. The zero-order valence-electron chi connectivity index (χ0n) is 17.3. The molecule has 0 atom stereocenters. The second kappa shape index (κ2) is 9.84. The summed E-state index contributed by atoms with van der Waals surface area (Å²) in [5.74, 6) is -1.79. The third kappa shape index (κ3) is 4.98. The number of halogens is 1. The van der Waals surface area contributed by atoms with Crippen LogP contribution in [0.5, 0.6) is 0 Å². The van der Waals surface area contributed by atoms with E-state index in [1.165, 1.54) is 26.4 Å². The van der Waals surface area contributed by atoms with E-state index in [4.69, 9.17) is 4.74 Å². The second-order valence-corrected chi connectivity index (χ2v) is 6.76. The lowest BCUT2D eigenvalue weighted by molar-refractivity contribution is -0.400. The first-order valence-electron chi connectivity index (χ1n) is 9.46. The highest BCUT2D eigenvalue weighted by Gasteiger charge is 2.21. The maximum atomic E-state index is 14.1. The molecule has 10 heteroatoms. The number of nitro groups is 1. The van der Waals surface area contributed by atoms with E-state index < -0.39 is 16.7 Å². The normalized spacial score (nSPS) is 11.1. The van der Waals surface area contributed by atoms with E-state index in [1.54, 1.807) is 12.1 Å². The Kier molecular flexibility index (Phi) is 6.96. The van der Waals surface area contributed by atoms with Crippen molar-refractivity contribution in [3.05, 3.63) is 75.2 Å². The van der Waals surface area contributed by atoms with Gasteiger partial charge >= 0.3 is 11.9 Å². The third-order valence-corrected chi connectivity index (χ3v) is 4.74. The number of nitrogens with one attached hydrogen (secondary N) is 2. The van der Waals surface area contributed by atoms with Crippen LogP contribution in [0, 0.1) is 15.9 Å². The molecule has 2 aromatic carbocycles. The summed E-state index contributed by atoms with van der Waals surface area (Å²) in [6, 6.07) is 9.42. The highest BCUT2D eigenvalue weighted by Crippen LogP contribution is 2.34. The Morgan fingerprint density at radius 1 is 1.19 bits per heavy atom. The fourth-order valence-electron chi connectivity index (χ4n) is 3.29. The van der Waals surface area contributed by atoms with Crippen LogP contribution in [-0.4, -0.2) is 42.6 Å². The van der Waals surface area contributed by atoms with Crippen molar-refractivity contribution in [2.75, 3.05) is 20.8 Å². The molecule has 166 valence electrons. The topological polar surface area (TPSA) is 124 Å². The van der Waals surface area contributed by atoms with Gasteiger partial charge in [-0.1, -0.05) is 24.3 Å². The van der Waals surface area contributed by atoms with Gasteiger partial charge in [0.15, 0.2) is 0 Å². The Bertz CT molecular complexity index is 1200. The molecule has 1 aromatic heterocycles. The predicted octanol–water partition coefficient (Wildman–Crippen LogP) is 3.27. The smallest absolute Gasteiger partial charge is 0.338 e. The quantitative estimate of drug-likeness (QED) is 0.312. The summed E-state index contributed by atoms with van der Waals surface area (Å²) in [5.41, 5.74) is 2.63. The predicted molar refractivity (Wildman–Crippen MR) is 115 cm³/mol. The molecule has 2 N–H and O–H groups in total. The Hall–Kier alpha value is -4.05. The number of hydrogen-bond donors (Lipinski definition) is 2. The number of ether oxygens (including phenoxy) is 2. The van der Waals surface area contributed by atoms with Crippen LogP contribution < -0.4 is 5.32 Å². The van der Waals surface area contributed by atoms with E-state index >= 15 is 0 Å². The molecule has 1 heterocycles. The molecule has 0 saturated heterocycles. The van der Waals surface area contributed by atoms with Gasteiger partial charge in [-0.05, 0) is 23.3 Å². The number of carbonyl (C=O) groups is 2. The van der Waals surface area contributed by atoms with Crippen molar-refractivity contribution in [1.82, 2.24) is 10.3 Å². The van der Waals surface area contributed by atoms with Crippen LogP contribution in [0.3, 0.4) is 0 Å². The number of hydrogen-bond acceptors (Lipinski definition) is 7. The van der Waals surface area contributed by atoms with Crippen molar-refractivity contribution in [2.24, 2.45) is 0 Å². The molecule has 0 spiro atoms. The van der Waals surface area contributed by atoms with Gasteiger partial charge in [0.25, 0.3) is 0 Å². The van der Waals surface area contributed by atoms with E-state index in [0.29, 0.717) is 34.3 Å². The van der Waals surface area contributed by atoms with Gasteiger partial charge in [0.1, 0.15) is 5.82 Å². The number of aromatic amines is 1. The summed E-state index contributed by atoms with van der Waals surface area (Å²) >= 11 is 0. The highest BCUT2D eigenvalue weighted by molar-refractivity contribution is 6.09. The molecule has 0 unspecified atom stereocenters. The van der Waals surface area contributed by atoms with Crippen LogP contribution in [0.25, 0.3) is 28.2 Å². The largest absolute Gasteiger partial charge is 0.468 e. The summed E-state index contributed by atoms with van der Waals surface area (Å²) in [6.07, 6.45) is 2.01. The minimum Gasteiger partial charge on any atom is -0.468 e. The number of carbonyl (C=O) groups excluding carboxylic acids is 2. The average Bonchev–Trinajstić information content (AvgIpc) is 3.14. The standard InChI is InChI=1S/C22H20FN3O6/c1-31-19(27)12-24-11-13-3-5-14(6-4-13)21-16(7-8-26(29)30)20-17(22(28)32-2)9-15(23)10-18(20)25-21/h3-10,24-25H,11-12H2,1-2H3/b8-7+. The summed E-state index contributed by atoms with van der Waals surface area (Å²) in [5, 5.41) is 14.2. The first-order chi connectivity index (χ1) is 15.3. The molecule has 0 amide bonds. The van der Waals surface area contributed by atoms with Crippen molar-refractivity contribution in [2.45, 2.75) is 6.54 Å². The second-order valence-electron chi connectivity index (χ2n) is 6.76. The van der Waals surface area contributed by atoms with E-state index in [-0.39, 0.29) is 18.1 Å². The van der Waals surface area contributed by atoms with Crippen molar-refractivity contribution in [3.8, 4) is 11.3 Å². The van der Waals surface area contributed by atoms with E-state index in [9.17, 15) is 24.1 Å². The summed E-state index contributed by atoms with van der Waals surface area (Å²) in [4.78, 5) is 36.8. The fraction of sp³-hybridized carbons (Fsp3) is 0.182. The number of H-pyrrole nitrogens is 1. The molecule has 0 aliphatic carbocycles. The third-order valence-electron chi connectivity index (χ3n) is 4.74. The van der Waals surface area contributed by atoms with E-state index in [2.05, 4.69) is 15.0 Å². The van der Waals surface area contributed by atoms with Gasteiger partial charge in [-0.3, -0.25) is 14.9 Å². The molecule has 0 bridgehead atoms. The minimum absolute atomic E-state index is 0.0448. The van der Waals surface area contributed by atoms with Gasteiger partial charge in [-0.15, -0.1) is 0 Å². The monoisotopic (exact) mass is 441 g/mol. The van der Waals surface area contributed by atoms with Crippen LogP contribution in [0.2, 0.25) is 0 Å². The molecule has 0 saturated carbocycles. The fourth-order valence-corrected chi connectivity index (χ4v) is 3.29. The van der Waals surface area contributed by atoms with Gasteiger partial charge in [0.05, 0.1) is 42.5 Å². The molecule has 0 aliphatic heterocycles. The van der Waals surface area contributed by atoms with E-state index in [1.807, 2.05) is 12.1 Å². The lowest BCUT2D eigenvalue weighted by Gasteiger charge is -2.06. The van der Waals surface area contributed by atoms with Crippen LogP contribution in [-0.2, 0) is 20.8 Å². The Morgan fingerprint density at radius 3 is 2.53 bits per heavy atom. The summed E-state index contributed by atoms with van der Waals surface area (Å²) < 4.78 is 23.4. The van der Waals surface area contributed by atoms with E-state index in [0.717, 1.165) is 17.8 Å². The van der Waals surface area contributed by atoms with Crippen LogP contribution >= 0.6 is 0 Å². The average molecular weight is 441 g/mol. The first kappa shape index (κ1) is 22.6. The van der Waals surface area contributed by atoms with Gasteiger partial charge in [0.2, 0.25) is 6.20 Å². The SMILES string of the molecule is COC(=O)CNCc1ccc(-c2[nH]c3cc(F)cc(C(=O)OC)c3c2/C=C/[N+](=O)[O-])cc1. The van der Waals surface area contributed by atoms with Gasteiger partial charge < -0.3 is 19.8 Å². The Morgan fingerprint density at radius 2 is 1.91 bits per heavy atom. The molecule has 3 rings (SSSR count). The molecule has 32 heavy (non-hydrogen) atoms. The number of nitrogens with zero attached hydrogens (tertiary/aromatic N) is 1. The molecular formula is C22H20FN3O6. The summed E-state index contributed by atoms with van der Waals surface area (Å²) in [7, 11) is 2.48. The zero-order chi connectivity index (χ0) is 23.3. The van der Waals surface area contributed by atoms with Crippen molar-refractivity contribution in [3.63, 3.8) is 0 Å².